The number of phenolic OH excluding ortho intramolecular Hbond substituents is 1. The van der Waals surface area contributed by atoms with E-state index in [-0.39, 0.29) is 23.6 Å². The molecule has 0 radical (unpaired) electrons. The highest BCUT2D eigenvalue weighted by molar-refractivity contribution is 6.07. The maximum Gasteiger partial charge on any atom is 0.324 e. The Balaban J connectivity index is 0.981. The Morgan fingerprint density at radius 2 is 1.81 bits per heavy atom. The van der Waals surface area contributed by atoms with Crippen molar-refractivity contribution in [2.45, 2.75) is 24.8 Å². The van der Waals surface area contributed by atoms with E-state index in [9.17, 15) is 19.5 Å². The number of benzene rings is 3. The number of carbonyl (C=O) groups is 3. The van der Waals surface area contributed by atoms with Gasteiger partial charge in [0.25, 0.3) is 11.8 Å². The first-order valence-electron chi connectivity index (χ1n) is 15.8. The summed E-state index contributed by atoms with van der Waals surface area (Å²) in [5, 5.41) is 16.6. The highest BCUT2D eigenvalue weighted by atomic mass is 16.5. The number of nitrogens with one attached hydrogen (secondary N) is 2. The molecule has 4 amide bonds. The minimum absolute atomic E-state index is 0.0825. The van der Waals surface area contributed by atoms with Crippen molar-refractivity contribution in [3.05, 3.63) is 96.4 Å². The molecule has 2 fully saturated rings. The second-order valence-electron chi connectivity index (χ2n) is 12.2. The van der Waals surface area contributed by atoms with E-state index in [2.05, 4.69) is 25.5 Å². The summed E-state index contributed by atoms with van der Waals surface area (Å²) in [5.74, 6) is 0.174. The fraction of sp³-hybridized carbons (Fsp3) is 0.250. The summed E-state index contributed by atoms with van der Waals surface area (Å²) < 4.78 is 7.20. The van der Waals surface area contributed by atoms with Crippen molar-refractivity contribution in [1.82, 2.24) is 29.7 Å². The summed E-state index contributed by atoms with van der Waals surface area (Å²) in [6.07, 6.45) is 5.33. The lowest BCUT2D eigenvalue weighted by molar-refractivity contribution is -0.132. The molecule has 12 nitrogen and oxygen atoms in total. The molecule has 48 heavy (non-hydrogen) atoms. The molecule has 1 spiro atoms. The number of piperidine rings is 1. The van der Waals surface area contributed by atoms with E-state index in [1.807, 2.05) is 48.5 Å². The summed E-state index contributed by atoms with van der Waals surface area (Å²) >= 11 is 0. The number of fused-ring (bicyclic) bond motifs is 1. The summed E-state index contributed by atoms with van der Waals surface area (Å²) in [6, 6.07) is 21.7. The van der Waals surface area contributed by atoms with Gasteiger partial charge in [-0.1, -0.05) is 18.2 Å². The average molecular weight is 646 g/mol. The fourth-order valence-electron chi connectivity index (χ4n) is 6.50. The first-order chi connectivity index (χ1) is 23.2. The number of nitrogens with zero attached hydrogens (tertiary/aromatic N) is 5. The van der Waals surface area contributed by atoms with Gasteiger partial charge in [-0.3, -0.25) is 19.1 Å². The van der Waals surface area contributed by atoms with Crippen LogP contribution in [0.4, 0.5) is 10.5 Å². The smallest absolute Gasteiger partial charge is 0.324 e. The Morgan fingerprint density at radius 3 is 2.54 bits per heavy atom. The van der Waals surface area contributed by atoms with Crippen LogP contribution in [0.25, 0.3) is 27.8 Å². The molecule has 3 aromatic carbocycles. The number of ether oxygens (including phenoxy) is 1. The van der Waals surface area contributed by atoms with Crippen molar-refractivity contribution in [2.75, 3.05) is 39.1 Å². The van der Waals surface area contributed by atoms with Gasteiger partial charge in [0.1, 0.15) is 17.6 Å². The number of rotatable bonds is 8. The number of imidazole rings is 1. The van der Waals surface area contributed by atoms with Crippen LogP contribution in [0.1, 0.15) is 28.8 Å². The number of likely N-dealkylation sites (N-methyl/N-ethyl adjacent to an activating group) is 1. The number of aromatic nitrogens is 3. The van der Waals surface area contributed by atoms with Crippen LogP contribution < -0.4 is 15.4 Å². The third kappa shape index (κ3) is 5.71. The second kappa shape index (κ2) is 12.5. The number of hydrogen-bond acceptors (Lipinski definition) is 8. The number of aromatic hydroxyl groups is 1. The first kappa shape index (κ1) is 30.9. The Hall–Kier alpha value is -5.75. The van der Waals surface area contributed by atoms with Crippen LogP contribution >= 0.6 is 0 Å². The van der Waals surface area contributed by atoms with E-state index in [4.69, 9.17) is 4.74 Å². The maximum atomic E-state index is 13.2. The summed E-state index contributed by atoms with van der Waals surface area (Å²) in [6.45, 7) is 2.32. The van der Waals surface area contributed by atoms with Gasteiger partial charge in [0.2, 0.25) is 5.88 Å². The van der Waals surface area contributed by atoms with Crippen molar-refractivity contribution in [3.63, 3.8) is 0 Å². The molecule has 2 aromatic heterocycles. The molecule has 0 unspecified atom stereocenters. The van der Waals surface area contributed by atoms with E-state index in [1.54, 1.807) is 48.5 Å². The minimum atomic E-state index is -0.753. The van der Waals surface area contributed by atoms with Crippen molar-refractivity contribution < 1.29 is 24.2 Å². The van der Waals surface area contributed by atoms with Gasteiger partial charge < -0.3 is 25.4 Å². The van der Waals surface area contributed by atoms with Crippen LogP contribution in [0, 0.1) is 0 Å². The van der Waals surface area contributed by atoms with Crippen molar-refractivity contribution in [2.24, 2.45) is 0 Å². The largest absolute Gasteiger partial charge is 0.506 e. The van der Waals surface area contributed by atoms with Crippen LogP contribution in [0.3, 0.4) is 0 Å². The lowest BCUT2D eigenvalue weighted by Gasteiger charge is -2.37. The molecule has 2 aliphatic heterocycles. The number of amides is 4. The normalized spacial score (nSPS) is 16.0. The molecule has 4 heterocycles. The third-order valence-corrected chi connectivity index (χ3v) is 9.32. The summed E-state index contributed by atoms with van der Waals surface area (Å²) in [5.41, 5.74) is 5.02. The summed E-state index contributed by atoms with van der Waals surface area (Å²) in [7, 11) is 3.09. The van der Waals surface area contributed by atoms with Crippen molar-refractivity contribution in [1.29, 1.82) is 0 Å². The molecular weight excluding hydrogens is 610 g/mol. The standard InChI is InChI=1S/C36H35N7O5/c1-41-34(46)36(40-35(41)47)14-18-42(19-15-36)17-13-23-5-9-26(10-6-23)39-32(45)25-7-11-29-28(20-25)38-22-43(29)30-21-24(8-12-31(30)44)27-4-3-16-37-33(27)48-2/h3-12,16,20-22,44H,13-15,17-19H2,1-2H3,(H,39,45)(H,40,47). The number of hydrogen-bond donors (Lipinski definition) is 3. The Bertz CT molecular complexity index is 2030. The second-order valence-corrected chi connectivity index (χ2v) is 12.2. The monoisotopic (exact) mass is 645 g/mol. The molecule has 7 rings (SSSR count). The quantitative estimate of drug-likeness (QED) is 0.208. The van der Waals surface area contributed by atoms with Gasteiger partial charge in [0, 0.05) is 49.7 Å². The van der Waals surface area contributed by atoms with Gasteiger partial charge in [-0.25, -0.2) is 14.8 Å². The molecule has 3 N–H and O–H groups in total. The highest BCUT2D eigenvalue weighted by Gasteiger charge is 2.50. The van der Waals surface area contributed by atoms with E-state index < -0.39 is 5.54 Å². The van der Waals surface area contributed by atoms with Crippen LogP contribution in [-0.2, 0) is 11.2 Å². The number of carbonyl (C=O) groups excluding carboxylic acids is 3. The molecule has 5 aromatic rings. The van der Waals surface area contributed by atoms with E-state index in [0.29, 0.717) is 41.2 Å². The number of pyridine rings is 1. The zero-order valence-corrected chi connectivity index (χ0v) is 26.6. The molecule has 0 saturated carbocycles. The topological polar surface area (TPSA) is 142 Å². The predicted octanol–water partition coefficient (Wildman–Crippen LogP) is 4.61. The van der Waals surface area contributed by atoms with E-state index in [1.165, 1.54) is 11.9 Å². The Morgan fingerprint density at radius 1 is 1.02 bits per heavy atom. The zero-order chi connectivity index (χ0) is 33.4. The van der Waals surface area contributed by atoms with Crippen LogP contribution in [0.15, 0.2) is 85.3 Å². The highest BCUT2D eigenvalue weighted by Crippen LogP contribution is 2.34. The van der Waals surface area contributed by atoms with Gasteiger partial charge in [-0.05, 0) is 85.0 Å². The van der Waals surface area contributed by atoms with Crippen LogP contribution in [0.5, 0.6) is 11.6 Å². The lowest BCUT2D eigenvalue weighted by atomic mass is 9.87. The molecule has 2 aliphatic rings. The molecule has 244 valence electrons. The number of methoxy groups -OCH3 is 1. The molecule has 0 aliphatic carbocycles. The number of likely N-dealkylation sites (tertiary alicyclic amines) is 1. The first-order valence-corrected chi connectivity index (χ1v) is 15.8. The van der Waals surface area contributed by atoms with E-state index >= 15 is 0 Å². The minimum Gasteiger partial charge on any atom is -0.506 e. The van der Waals surface area contributed by atoms with Gasteiger partial charge in [0.15, 0.2) is 0 Å². The summed E-state index contributed by atoms with van der Waals surface area (Å²) in [4.78, 5) is 49.9. The van der Waals surface area contributed by atoms with Gasteiger partial charge in [-0.15, -0.1) is 0 Å². The number of anilines is 1. The maximum absolute atomic E-state index is 13.2. The van der Waals surface area contributed by atoms with Gasteiger partial charge in [0.05, 0.1) is 23.8 Å². The zero-order valence-electron chi connectivity index (χ0n) is 26.6. The third-order valence-electron chi connectivity index (χ3n) is 9.32. The molecule has 0 bridgehead atoms. The molecule has 12 heteroatoms. The number of phenols is 1. The predicted molar refractivity (Wildman–Crippen MR) is 180 cm³/mol. The molecule has 2 saturated heterocycles. The average Bonchev–Trinajstić information content (AvgIpc) is 3.62. The van der Waals surface area contributed by atoms with E-state index in [0.717, 1.165) is 48.3 Å². The molecule has 0 atom stereocenters. The Labute approximate surface area is 277 Å². The van der Waals surface area contributed by atoms with Gasteiger partial charge >= 0.3 is 6.03 Å². The fourth-order valence-corrected chi connectivity index (χ4v) is 6.50. The molecular formula is C36H35N7O5. The lowest BCUT2D eigenvalue weighted by Crippen LogP contribution is -2.55. The Kier molecular flexibility index (Phi) is 8.01. The van der Waals surface area contributed by atoms with Gasteiger partial charge in [-0.2, -0.15) is 0 Å². The SMILES string of the molecule is COc1ncccc1-c1ccc(O)c(-n2cnc3cc(C(=O)Nc4ccc(CCN5CCC6(CC5)NC(=O)N(C)C6=O)cc4)ccc32)c1. The van der Waals surface area contributed by atoms with Crippen molar-refractivity contribution in [3.8, 4) is 28.4 Å². The van der Waals surface area contributed by atoms with Crippen LogP contribution in [0.2, 0.25) is 0 Å². The van der Waals surface area contributed by atoms with Crippen LogP contribution in [-0.4, -0.2) is 86.6 Å². The van der Waals surface area contributed by atoms with Crippen molar-refractivity contribution >= 4 is 34.6 Å². The number of imide groups is 1. The number of urea groups is 1.